The van der Waals surface area contributed by atoms with Gasteiger partial charge < -0.3 is 4.42 Å². The van der Waals surface area contributed by atoms with Gasteiger partial charge in [-0.3, -0.25) is 9.58 Å². The molecule has 124 valence electrons. The Bertz CT molecular complexity index is 868. The van der Waals surface area contributed by atoms with Crippen molar-refractivity contribution >= 4 is 0 Å². The molecule has 0 amide bonds. The maximum absolute atomic E-state index is 5.93. The van der Waals surface area contributed by atoms with Gasteiger partial charge in [0.1, 0.15) is 0 Å². The molecule has 2 aromatic heterocycles. The van der Waals surface area contributed by atoms with Crippen LogP contribution in [0.3, 0.4) is 0 Å². The van der Waals surface area contributed by atoms with E-state index in [0.717, 1.165) is 30.8 Å². The Balaban J connectivity index is 1.54. The van der Waals surface area contributed by atoms with Crippen LogP contribution >= 0.6 is 0 Å². The molecule has 0 saturated heterocycles. The Morgan fingerprint density at radius 3 is 2.92 bits per heavy atom. The van der Waals surface area contributed by atoms with Crippen molar-refractivity contribution in [3.05, 3.63) is 47.1 Å². The van der Waals surface area contributed by atoms with Gasteiger partial charge in [-0.15, -0.1) is 15.3 Å². The molecule has 1 aromatic carbocycles. The molecule has 4 rings (SSSR count). The van der Waals surface area contributed by atoms with Crippen molar-refractivity contribution in [2.75, 3.05) is 6.54 Å². The minimum atomic E-state index is 0.0474. The molecule has 7 nitrogen and oxygen atoms in total. The Labute approximate surface area is 140 Å². The Morgan fingerprint density at radius 2 is 2.08 bits per heavy atom. The van der Waals surface area contributed by atoms with Crippen molar-refractivity contribution in [2.45, 2.75) is 32.9 Å². The first-order valence-corrected chi connectivity index (χ1v) is 8.14. The van der Waals surface area contributed by atoms with E-state index in [-0.39, 0.29) is 6.04 Å². The molecule has 3 heterocycles. The molecule has 0 aliphatic carbocycles. The topological polar surface area (TPSA) is 72.9 Å². The molecule has 7 heteroatoms. The zero-order valence-corrected chi connectivity index (χ0v) is 14.1. The number of nitrogens with zero attached hydrogens (tertiary/aromatic N) is 6. The van der Waals surface area contributed by atoms with Crippen LogP contribution in [0.1, 0.15) is 35.8 Å². The zero-order chi connectivity index (χ0) is 16.7. The van der Waals surface area contributed by atoms with Crippen molar-refractivity contribution in [3.8, 4) is 11.5 Å². The number of rotatable bonds is 3. The molecule has 0 radical (unpaired) electrons. The molecule has 3 aromatic rings. The van der Waals surface area contributed by atoms with Crippen LogP contribution in [0.2, 0.25) is 0 Å². The Morgan fingerprint density at radius 1 is 1.21 bits per heavy atom. The lowest BCUT2D eigenvalue weighted by Gasteiger charge is -2.29. The first-order valence-electron chi connectivity index (χ1n) is 8.14. The molecular weight excluding hydrogens is 304 g/mol. The van der Waals surface area contributed by atoms with E-state index < -0.39 is 0 Å². The molecule has 0 N–H and O–H groups in total. The Kier molecular flexibility index (Phi) is 3.65. The van der Waals surface area contributed by atoms with Crippen LogP contribution in [0.15, 0.2) is 28.7 Å². The van der Waals surface area contributed by atoms with Gasteiger partial charge in [0.2, 0.25) is 11.8 Å². The summed E-state index contributed by atoms with van der Waals surface area (Å²) in [5.41, 5.74) is 4.38. The Hall–Kier alpha value is -2.54. The van der Waals surface area contributed by atoms with Gasteiger partial charge in [0.15, 0.2) is 0 Å². The third-order valence-corrected chi connectivity index (χ3v) is 4.62. The van der Waals surface area contributed by atoms with E-state index in [2.05, 4.69) is 51.4 Å². The van der Waals surface area contributed by atoms with Gasteiger partial charge in [-0.05, 0) is 26.0 Å². The molecule has 1 aliphatic rings. The largest absolute Gasteiger partial charge is 0.419 e. The van der Waals surface area contributed by atoms with E-state index in [1.54, 1.807) is 0 Å². The fraction of sp³-hybridized carbons (Fsp3) is 0.412. The first-order chi connectivity index (χ1) is 11.6. The van der Waals surface area contributed by atoms with Gasteiger partial charge >= 0.3 is 0 Å². The second-order valence-corrected chi connectivity index (χ2v) is 6.32. The summed E-state index contributed by atoms with van der Waals surface area (Å²) in [6, 6.07) is 8.13. The molecule has 1 atom stereocenters. The van der Waals surface area contributed by atoms with Crippen LogP contribution in [0, 0.1) is 6.92 Å². The summed E-state index contributed by atoms with van der Waals surface area (Å²) >= 11 is 0. The van der Waals surface area contributed by atoms with E-state index in [0.29, 0.717) is 11.8 Å². The number of benzene rings is 1. The molecule has 0 saturated carbocycles. The molecular formula is C17H20N6O. The van der Waals surface area contributed by atoms with Crippen molar-refractivity contribution < 1.29 is 4.42 Å². The minimum absolute atomic E-state index is 0.0474. The van der Waals surface area contributed by atoms with Crippen LogP contribution in [-0.4, -0.2) is 36.6 Å². The maximum atomic E-state index is 5.93. The van der Waals surface area contributed by atoms with E-state index in [9.17, 15) is 0 Å². The second kappa shape index (κ2) is 5.83. The summed E-state index contributed by atoms with van der Waals surface area (Å²) in [5, 5.41) is 16.8. The summed E-state index contributed by atoms with van der Waals surface area (Å²) in [4.78, 5) is 2.30. The standard InChI is InChI=1S/C17H20N6O/c1-11-5-4-6-13(9-11)17-20-19-16(24-17)12(2)23-8-7-15-14(10-23)18-21-22(15)3/h4-6,9,12H,7-8,10H2,1-3H3. The lowest BCUT2D eigenvalue weighted by Crippen LogP contribution is -2.33. The van der Waals surface area contributed by atoms with Gasteiger partial charge in [-0.1, -0.05) is 22.9 Å². The van der Waals surface area contributed by atoms with Gasteiger partial charge in [-0.25, -0.2) is 0 Å². The molecule has 0 fully saturated rings. The zero-order valence-electron chi connectivity index (χ0n) is 14.1. The number of hydrogen-bond donors (Lipinski definition) is 0. The van der Waals surface area contributed by atoms with E-state index >= 15 is 0 Å². The fourth-order valence-corrected chi connectivity index (χ4v) is 3.15. The van der Waals surface area contributed by atoms with Crippen LogP contribution < -0.4 is 0 Å². The highest BCUT2D eigenvalue weighted by molar-refractivity contribution is 5.53. The van der Waals surface area contributed by atoms with Crippen LogP contribution in [0.5, 0.6) is 0 Å². The van der Waals surface area contributed by atoms with Crippen molar-refractivity contribution in [1.82, 2.24) is 30.1 Å². The molecule has 0 spiro atoms. The normalized spacial score (nSPS) is 16.1. The number of hydrogen-bond acceptors (Lipinski definition) is 6. The predicted molar refractivity (Wildman–Crippen MR) is 88.0 cm³/mol. The van der Waals surface area contributed by atoms with Crippen molar-refractivity contribution in [2.24, 2.45) is 7.05 Å². The smallest absolute Gasteiger partial charge is 0.247 e. The molecule has 1 aliphatic heterocycles. The van der Waals surface area contributed by atoms with E-state index in [1.807, 2.05) is 23.9 Å². The average Bonchev–Trinajstić information content (AvgIpc) is 3.21. The molecule has 0 bridgehead atoms. The third-order valence-electron chi connectivity index (χ3n) is 4.62. The van der Waals surface area contributed by atoms with Gasteiger partial charge in [0, 0.05) is 32.1 Å². The fourth-order valence-electron chi connectivity index (χ4n) is 3.15. The quantitative estimate of drug-likeness (QED) is 0.736. The lowest BCUT2D eigenvalue weighted by atomic mass is 10.1. The number of aryl methyl sites for hydroxylation is 2. The first kappa shape index (κ1) is 15.0. The summed E-state index contributed by atoms with van der Waals surface area (Å²) in [5.74, 6) is 1.21. The SMILES string of the molecule is Cc1cccc(-c2nnc(C(C)N3CCc4c(nnn4C)C3)o2)c1. The van der Waals surface area contributed by atoms with Gasteiger partial charge in [-0.2, -0.15) is 0 Å². The maximum Gasteiger partial charge on any atom is 0.247 e. The number of aromatic nitrogens is 5. The van der Waals surface area contributed by atoms with E-state index in [1.165, 1.54) is 11.3 Å². The highest BCUT2D eigenvalue weighted by Crippen LogP contribution is 2.28. The van der Waals surface area contributed by atoms with Crippen LogP contribution in [-0.2, 0) is 20.0 Å². The van der Waals surface area contributed by atoms with Gasteiger partial charge in [0.25, 0.3) is 0 Å². The van der Waals surface area contributed by atoms with Crippen LogP contribution in [0.25, 0.3) is 11.5 Å². The van der Waals surface area contributed by atoms with Gasteiger partial charge in [0.05, 0.1) is 17.4 Å². The highest BCUT2D eigenvalue weighted by atomic mass is 16.4. The number of fused-ring (bicyclic) bond motifs is 1. The summed E-state index contributed by atoms with van der Waals surface area (Å²) in [7, 11) is 1.94. The molecule has 24 heavy (non-hydrogen) atoms. The minimum Gasteiger partial charge on any atom is -0.419 e. The van der Waals surface area contributed by atoms with E-state index in [4.69, 9.17) is 4.42 Å². The highest BCUT2D eigenvalue weighted by Gasteiger charge is 2.28. The predicted octanol–water partition coefficient (Wildman–Crippen LogP) is 2.29. The average molecular weight is 324 g/mol. The summed E-state index contributed by atoms with van der Waals surface area (Å²) in [6.45, 7) is 5.83. The summed E-state index contributed by atoms with van der Waals surface area (Å²) in [6.07, 6.45) is 0.933. The summed E-state index contributed by atoms with van der Waals surface area (Å²) < 4.78 is 7.79. The van der Waals surface area contributed by atoms with Crippen molar-refractivity contribution in [3.63, 3.8) is 0 Å². The monoisotopic (exact) mass is 324 g/mol. The lowest BCUT2D eigenvalue weighted by molar-refractivity contribution is 0.164. The van der Waals surface area contributed by atoms with Crippen molar-refractivity contribution in [1.29, 1.82) is 0 Å². The second-order valence-electron chi connectivity index (χ2n) is 6.32. The molecule has 1 unspecified atom stereocenters. The van der Waals surface area contributed by atoms with Crippen LogP contribution in [0.4, 0.5) is 0 Å². The third kappa shape index (κ3) is 2.60.